The molecule has 0 saturated heterocycles. The molecule has 0 radical (unpaired) electrons. The molecule has 2 aromatic rings. The molecule has 1 aromatic carbocycles. The van der Waals surface area contributed by atoms with E-state index in [9.17, 15) is 4.79 Å². The largest absolute Gasteiger partial charge is 0.321 e. The predicted molar refractivity (Wildman–Crippen MR) is 73.2 cm³/mol. The van der Waals surface area contributed by atoms with Gasteiger partial charge in [-0.15, -0.1) is 16.7 Å². The Morgan fingerprint density at radius 3 is 2.72 bits per heavy atom. The van der Waals surface area contributed by atoms with Gasteiger partial charge in [-0.2, -0.15) is 0 Å². The van der Waals surface area contributed by atoms with Gasteiger partial charge in [0, 0.05) is 11.6 Å². The van der Waals surface area contributed by atoms with Crippen LogP contribution in [0.5, 0.6) is 0 Å². The van der Waals surface area contributed by atoms with Crippen LogP contribution in [0.2, 0.25) is 0 Å². The first-order chi connectivity index (χ1) is 8.74. The first kappa shape index (κ1) is 13.0. The number of nitrogens with one attached hydrogen (secondary N) is 1. The molecular weight excluding hydrogens is 270 g/mol. The average Bonchev–Trinajstić information content (AvgIpc) is 2.88. The average molecular weight is 282 g/mol. The molecule has 0 unspecified atom stereocenters. The predicted octanol–water partition coefficient (Wildman–Crippen LogP) is 3.09. The number of hydrogen-bond acceptors (Lipinski definition) is 4. The zero-order valence-electron chi connectivity index (χ0n) is 9.81. The minimum atomic E-state index is -0.166. The van der Waals surface area contributed by atoms with E-state index < -0.39 is 0 Å². The van der Waals surface area contributed by atoms with E-state index in [0.29, 0.717) is 17.2 Å². The van der Waals surface area contributed by atoms with Crippen LogP contribution in [0.25, 0.3) is 0 Å². The number of carbonyl (C=O) groups excluding carboxylic acids is 1. The van der Waals surface area contributed by atoms with E-state index >= 15 is 0 Å². The summed E-state index contributed by atoms with van der Waals surface area (Å²) in [7, 11) is 0. The zero-order valence-corrected chi connectivity index (χ0v) is 11.4. The summed E-state index contributed by atoms with van der Waals surface area (Å²) in [6.45, 7) is 1.95. The van der Waals surface area contributed by atoms with Crippen LogP contribution in [-0.4, -0.2) is 15.5 Å². The second kappa shape index (κ2) is 5.93. The van der Waals surface area contributed by atoms with E-state index in [1.54, 1.807) is 0 Å². The third-order valence-corrected chi connectivity index (χ3v) is 3.54. The van der Waals surface area contributed by atoms with Gasteiger partial charge in [0.05, 0.1) is 5.69 Å². The highest BCUT2D eigenvalue weighted by atomic mass is 35.5. The summed E-state index contributed by atoms with van der Waals surface area (Å²) >= 11 is 6.82. The fourth-order valence-electron chi connectivity index (χ4n) is 1.48. The van der Waals surface area contributed by atoms with Crippen molar-refractivity contribution in [1.82, 2.24) is 9.59 Å². The van der Waals surface area contributed by atoms with E-state index in [4.69, 9.17) is 11.6 Å². The lowest BCUT2D eigenvalue weighted by atomic mass is 10.2. The number of alkyl halides is 1. The van der Waals surface area contributed by atoms with E-state index in [-0.39, 0.29) is 5.91 Å². The van der Waals surface area contributed by atoms with Gasteiger partial charge in [-0.3, -0.25) is 4.79 Å². The smallest absolute Gasteiger partial charge is 0.269 e. The Labute approximate surface area is 114 Å². The van der Waals surface area contributed by atoms with Crippen LogP contribution in [0.15, 0.2) is 24.3 Å². The topological polar surface area (TPSA) is 54.9 Å². The zero-order chi connectivity index (χ0) is 13.0. The Bertz CT molecular complexity index is 539. The molecule has 0 aliphatic heterocycles. The Balaban J connectivity index is 2.11. The molecule has 2 rings (SSSR count). The van der Waals surface area contributed by atoms with Crippen molar-refractivity contribution in [3.63, 3.8) is 0 Å². The van der Waals surface area contributed by atoms with Gasteiger partial charge in [-0.05, 0) is 35.6 Å². The summed E-state index contributed by atoms with van der Waals surface area (Å²) < 4.78 is 3.80. The van der Waals surface area contributed by atoms with Gasteiger partial charge in [-0.25, -0.2) is 0 Å². The van der Waals surface area contributed by atoms with Crippen molar-refractivity contribution in [3.8, 4) is 0 Å². The fourth-order valence-corrected chi connectivity index (χ4v) is 2.30. The second-order valence-corrected chi connectivity index (χ2v) is 4.71. The summed E-state index contributed by atoms with van der Waals surface area (Å²) in [6.07, 6.45) is 0.699. The maximum atomic E-state index is 12.0. The van der Waals surface area contributed by atoms with Gasteiger partial charge in [0.15, 0.2) is 0 Å². The number of amides is 1. The molecule has 0 aliphatic carbocycles. The van der Waals surface area contributed by atoms with Crippen molar-refractivity contribution in [2.45, 2.75) is 19.2 Å². The molecule has 0 spiro atoms. The van der Waals surface area contributed by atoms with Crippen LogP contribution in [0, 0.1) is 0 Å². The number of anilines is 1. The maximum Gasteiger partial charge on any atom is 0.269 e. The molecule has 94 valence electrons. The molecule has 4 nitrogen and oxygen atoms in total. The Morgan fingerprint density at radius 2 is 2.11 bits per heavy atom. The van der Waals surface area contributed by atoms with Crippen molar-refractivity contribution in [2.24, 2.45) is 0 Å². The van der Waals surface area contributed by atoms with Crippen LogP contribution in [0.4, 0.5) is 5.69 Å². The van der Waals surface area contributed by atoms with Gasteiger partial charge in [0.25, 0.3) is 5.91 Å². The Kier molecular flexibility index (Phi) is 4.28. The van der Waals surface area contributed by atoms with Crippen LogP contribution in [0.3, 0.4) is 0 Å². The molecule has 0 aliphatic rings. The molecule has 0 saturated carbocycles. The van der Waals surface area contributed by atoms with Gasteiger partial charge >= 0.3 is 0 Å². The quantitative estimate of drug-likeness (QED) is 0.876. The summed E-state index contributed by atoms with van der Waals surface area (Å²) in [5.74, 6) is 0.299. The molecule has 1 N–H and O–H groups in total. The van der Waals surface area contributed by atoms with Gasteiger partial charge < -0.3 is 5.32 Å². The highest BCUT2D eigenvalue weighted by molar-refractivity contribution is 7.08. The number of nitrogens with zero attached hydrogens (tertiary/aromatic N) is 2. The third-order valence-electron chi connectivity index (χ3n) is 2.46. The normalized spacial score (nSPS) is 10.3. The standard InChI is InChI=1S/C12H12ClN3OS/c1-2-10-11(18-16-15-10)12(17)14-9-5-3-8(7-13)4-6-9/h3-6H,2,7H2,1H3,(H,14,17). The molecule has 0 fully saturated rings. The first-order valence-corrected chi connectivity index (χ1v) is 6.83. The SMILES string of the molecule is CCc1nnsc1C(=O)Nc1ccc(CCl)cc1. The van der Waals surface area contributed by atoms with Crippen molar-refractivity contribution < 1.29 is 4.79 Å². The van der Waals surface area contributed by atoms with Gasteiger partial charge in [0.1, 0.15) is 4.88 Å². The lowest BCUT2D eigenvalue weighted by Crippen LogP contribution is -2.12. The summed E-state index contributed by atoms with van der Waals surface area (Å²) in [6, 6.07) is 7.42. The van der Waals surface area contributed by atoms with Crippen molar-refractivity contribution in [2.75, 3.05) is 5.32 Å². The molecule has 1 aromatic heterocycles. The maximum absolute atomic E-state index is 12.0. The summed E-state index contributed by atoms with van der Waals surface area (Å²) in [5.41, 5.74) is 2.49. The van der Waals surface area contributed by atoms with E-state index in [2.05, 4.69) is 14.9 Å². The van der Waals surface area contributed by atoms with E-state index in [1.165, 1.54) is 0 Å². The minimum absolute atomic E-state index is 0.166. The number of halogens is 1. The van der Waals surface area contributed by atoms with Crippen LogP contribution in [0.1, 0.15) is 27.9 Å². The number of carbonyl (C=O) groups is 1. The van der Waals surface area contributed by atoms with Crippen LogP contribution in [-0.2, 0) is 12.3 Å². The fraction of sp³-hybridized carbons (Fsp3) is 0.250. The number of aryl methyl sites for hydroxylation is 1. The first-order valence-electron chi connectivity index (χ1n) is 5.52. The number of hydrogen-bond donors (Lipinski definition) is 1. The molecular formula is C12H12ClN3OS. The molecule has 1 heterocycles. The molecule has 0 atom stereocenters. The van der Waals surface area contributed by atoms with Crippen LogP contribution >= 0.6 is 23.1 Å². The second-order valence-electron chi connectivity index (χ2n) is 3.69. The van der Waals surface area contributed by atoms with Crippen LogP contribution < -0.4 is 5.32 Å². The Hall–Kier alpha value is -1.46. The van der Waals surface area contributed by atoms with Gasteiger partial charge in [-0.1, -0.05) is 23.5 Å². The van der Waals surface area contributed by atoms with Crippen molar-refractivity contribution in [1.29, 1.82) is 0 Å². The summed E-state index contributed by atoms with van der Waals surface area (Å²) in [4.78, 5) is 12.6. The highest BCUT2D eigenvalue weighted by Gasteiger charge is 2.14. The summed E-state index contributed by atoms with van der Waals surface area (Å²) in [5, 5.41) is 6.73. The number of aromatic nitrogens is 2. The lowest BCUT2D eigenvalue weighted by molar-refractivity contribution is 0.102. The molecule has 6 heteroatoms. The van der Waals surface area contributed by atoms with E-state index in [1.807, 2.05) is 31.2 Å². The third kappa shape index (κ3) is 2.86. The highest BCUT2D eigenvalue weighted by Crippen LogP contribution is 2.16. The van der Waals surface area contributed by atoms with Crippen molar-refractivity contribution in [3.05, 3.63) is 40.4 Å². The monoisotopic (exact) mass is 281 g/mol. The van der Waals surface area contributed by atoms with E-state index in [0.717, 1.165) is 28.5 Å². The lowest BCUT2D eigenvalue weighted by Gasteiger charge is -2.04. The number of rotatable bonds is 4. The van der Waals surface area contributed by atoms with Crippen molar-refractivity contribution >= 4 is 34.7 Å². The molecule has 1 amide bonds. The minimum Gasteiger partial charge on any atom is -0.321 e. The number of benzene rings is 1. The van der Waals surface area contributed by atoms with Gasteiger partial charge in [0.2, 0.25) is 0 Å². The molecule has 0 bridgehead atoms. The Morgan fingerprint density at radius 1 is 1.39 bits per heavy atom. The molecule has 18 heavy (non-hydrogen) atoms.